The maximum Gasteiger partial charge on any atom is 0.0308 e. The van der Waals surface area contributed by atoms with Crippen LogP contribution in [-0.4, -0.2) is 6.04 Å². The van der Waals surface area contributed by atoms with Gasteiger partial charge in [-0.25, -0.2) is 0 Å². The summed E-state index contributed by atoms with van der Waals surface area (Å²) < 4.78 is 0. The van der Waals surface area contributed by atoms with E-state index in [2.05, 4.69) is 13.0 Å². The van der Waals surface area contributed by atoms with E-state index >= 15 is 0 Å². The minimum atomic E-state index is 0.373. The molecule has 12 heavy (non-hydrogen) atoms. The maximum absolute atomic E-state index is 6.22. The first-order valence-corrected chi connectivity index (χ1v) is 5.17. The second-order valence-corrected chi connectivity index (χ2v) is 4.66. The zero-order valence-electron chi connectivity index (χ0n) is 7.97. The monoisotopic (exact) mass is 165 g/mol. The number of nitrogens with two attached hydrogens (primary N) is 1. The van der Waals surface area contributed by atoms with Gasteiger partial charge in [0.2, 0.25) is 0 Å². The van der Waals surface area contributed by atoms with E-state index in [1.807, 2.05) is 0 Å². The predicted molar refractivity (Wildman–Crippen MR) is 51.9 cm³/mol. The first-order valence-electron chi connectivity index (χ1n) is 5.17. The van der Waals surface area contributed by atoms with Crippen LogP contribution in [0.5, 0.6) is 0 Å². The van der Waals surface area contributed by atoms with E-state index in [1.54, 1.807) is 5.57 Å². The van der Waals surface area contributed by atoms with Crippen LogP contribution in [0.25, 0.3) is 0 Å². The maximum atomic E-state index is 6.22. The molecular weight excluding hydrogens is 146 g/mol. The van der Waals surface area contributed by atoms with Crippen molar-refractivity contribution in [1.29, 1.82) is 0 Å². The summed E-state index contributed by atoms with van der Waals surface area (Å²) in [4.78, 5) is 0. The lowest BCUT2D eigenvalue weighted by Crippen LogP contribution is -2.32. The summed E-state index contributed by atoms with van der Waals surface area (Å²) in [6.07, 6.45) is 10.3. The van der Waals surface area contributed by atoms with Crippen LogP contribution in [0.1, 0.15) is 45.4 Å². The Morgan fingerprint density at radius 1 is 1.42 bits per heavy atom. The normalized spacial score (nSPS) is 29.3. The molecule has 0 aromatic rings. The number of allylic oxidation sites excluding steroid dienone is 1. The molecule has 0 saturated heterocycles. The molecule has 0 aliphatic heterocycles. The highest BCUT2D eigenvalue weighted by molar-refractivity contribution is 5.19. The zero-order valence-corrected chi connectivity index (χ0v) is 7.97. The van der Waals surface area contributed by atoms with Crippen molar-refractivity contribution < 1.29 is 0 Å². The van der Waals surface area contributed by atoms with Gasteiger partial charge in [-0.15, -0.1) is 0 Å². The second-order valence-electron chi connectivity index (χ2n) is 4.66. The summed E-state index contributed by atoms with van der Waals surface area (Å²) in [5.74, 6) is 0. The van der Waals surface area contributed by atoms with Gasteiger partial charge in [0, 0.05) is 6.04 Å². The van der Waals surface area contributed by atoms with Gasteiger partial charge in [-0.05, 0) is 43.9 Å². The van der Waals surface area contributed by atoms with Gasteiger partial charge in [0.05, 0.1) is 0 Å². The molecule has 0 aromatic heterocycles. The van der Waals surface area contributed by atoms with Crippen LogP contribution in [-0.2, 0) is 0 Å². The Kier molecular flexibility index (Phi) is 1.99. The number of rotatable bonds is 2. The molecule has 1 saturated carbocycles. The highest BCUT2D eigenvalue weighted by atomic mass is 14.7. The van der Waals surface area contributed by atoms with E-state index in [9.17, 15) is 0 Å². The van der Waals surface area contributed by atoms with Crippen molar-refractivity contribution in [2.75, 3.05) is 0 Å². The van der Waals surface area contributed by atoms with Crippen molar-refractivity contribution in [3.05, 3.63) is 11.6 Å². The van der Waals surface area contributed by atoms with Crippen molar-refractivity contribution in [3.63, 3.8) is 0 Å². The molecule has 68 valence electrons. The summed E-state index contributed by atoms with van der Waals surface area (Å²) in [5, 5.41) is 0. The van der Waals surface area contributed by atoms with E-state index in [0.717, 1.165) is 0 Å². The van der Waals surface area contributed by atoms with Gasteiger partial charge >= 0.3 is 0 Å². The fourth-order valence-corrected chi connectivity index (χ4v) is 2.10. The Labute approximate surface area is 75.0 Å². The Balaban J connectivity index is 2.02. The van der Waals surface area contributed by atoms with Crippen molar-refractivity contribution in [2.45, 2.75) is 51.5 Å². The molecule has 1 fully saturated rings. The summed E-state index contributed by atoms with van der Waals surface area (Å²) in [7, 11) is 0. The van der Waals surface area contributed by atoms with Gasteiger partial charge in [0.15, 0.2) is 0 Å². The van der Waals surface area contributed by atoms with Crippen LogP contribution in [0, 0.1) is 5.41 Å². The molecule has 2 rings (SSSR count). The van der Waals surface area contributed by atoms with Gasteiger partial charge in [-0.2, -0.15) is 0 Å². The van der Waals surface area contributed by atoms with Crippen molar-refractivity contribution >= 4 is 0 Å². The van der Waals surface area contributed by atoms with E-state index in [4.69, 9.17) is 5.73 Å². The third kappa shape index (κ3) is 1.42. The SMILES string of the molecule is CC1(C(N)C2=CCCCC2)CC1. The number of hydrogen-bond donors (Lipinski definition) is 1. The average molecular weight is 165 g/mol. The molecule has 0 radical (unpaired) electrons. The summed E-state index contributed by atoms with van der Waals surface area (Å²) >= 11 is 0. The molecule has 0 heterocycles. The third-order valence-corrected chi connectivity index (χ3v) is 3.52. The minimum Gasteiger partial charge on any atom is -0.324 e. The highest BCUT2D eigenvalue weighted by Gasteiger charge is 2.44. The molecule has 2 N–H and O–H groups in total. The first kappa shape index (κ1) is 8.31. The van der Waals surface area contributed by atoms with Gasteiger partial charge < -0.3 is 5.73 Å². The molecule has 2 aliphatic rings. The van der Waals surface area contributed by atoms with Gasteiger partial charge in [0.1, 0.15) is 0 Å². The van der Waals surface area contributed by atoms with Gasteiger partial charge in [-0.1, -0.05) is 18.6 Å². The van der Waals surface area contributed by atoms with Crippen molar-refractivity contribution in [1.82, 2.24) is 0 Å². The minimum absolute atomic E-state index is 0.373. The van der Waals surface area contributed by atoms with E-state index in [0.29, 0.717) is 11.5 Å². The average Bonchev–Trinajstić information content (AvgIpc) is 2.85. The molecule has 1 atom stereocenters. The molecule has 1 unspecified atom stereocenters. The van der Waals surface area contributed by atoms with E-state index in [-0.39, 0.29) is 0 Å². The molecule has 2 aliphatic carbocycles. The van der Waals surface area contributed by atoms with Crippen LogP contribution < -0.4 is 5.73 Å². The highest BCUT2D eigenvalue weighted by Crippen LogP contribution is 2.50. The van der Waals surface area contributed by atoms with Gasteiger partial charge in [0.25, 0.3) is 0 Å². The summed E-state index contributed by atoms with van der Waals surface area (Å²) in [6, 6.07) is 0.373. The molecule has 1 nitrogen and oxygen atoms in total. The van der Waals surface area contributed by atoms with E-state index < -0.39 is 0 Å². The quantitative estimate of drug-likeness (QED) is 0.625. The lowest BCUT2D eigenvalue weighted by atomic mass is 9.86. The summed E-state index contributed by atoms with van der Waals surface area (Å²) in [6.45, 7) is 2.33. The van der Waals surface area contributed by atoms with Crippen LogP contribution in [0.3, 0.4) is 0 Å². The van der Waals surface area contributed by atoms with Crippen LogP contribution >= 0.6 is 0 Å². The number of hydrogen-bond acceptors (Lipinski definition) is 1. The predicted octanol–water partition coefficient (Wildman–Crippen LogP) is 2.61. The molecule has 0 amide bonds. The van der Waals surface area contributed by atoms with Crippen LogP contribution in [0.15, 0.2) is 11.6 Å². The Hall–Kier alpha value is -0.300. The zero-order chi connectivity index (χ0) is 8.60. The largest absolute Gasteiger partial charge is 0.324 e. The molecule has 1 heteroatoms. The lowest BCUT2D eigenvalue weighted by Gasteiger charge is -2.24. The Bertz CT molecular complexity index is 201. The molecule has 0 aromatic carbocycles. The lowest BCUT2D eigenvalue weighted by molar-refractivity contribution is 0.461. The standard InChI is InChI=1S/C11H19N/c1-11(7-8-11)10(12)9-5-3-2-4-6-9/h5,10H,2-4,6-8,12H2,1H3. The smallest absolute Gasteiger partial charge is 0.0308 e. The topological polar surface area (TPSA) is 26.0 Å². The van der Waals surface area contributed by atoms with E-state index in [1.165, 1.54) is 38.5 Å². The molecule has 0 bridgehead atoms. The first-order chi connectivity index (χ1) is 5.72. The Morgan fingerprint density at radius 3 is 2.67 bits per heavy atom. The Morgan fingerprint density at radius 2 is 2.17 bits per heavy atom. The fourth-order valence-electron chi connectivity index (χ4n) is 2.10. The van der Waals surface area contributed by atoms with Crippen molar-refractivity contribution in [3.8, 4) is 0 Å². The molecular formula is C11H19N. The van der Waals surface area contributed by atoms with Crippen LogP contribution in [0.4, 0.5) is 0 Å². The molecule has 0 spiro atoms. The van der Waals surface area contributed by atoms with Crippen LogP contribution in [0.2, 0.25) is 0 Å². The summed E-state index contributed by atoms with van der Waals surface area (Å²) in [5.41, 5.74) is 8.24. The van der Waals surface area contributed by atoms with Crippen molar-refractivity contribution in [2.24, 2.45) is 11.1 Å². The fraction of sp³-hybridized carbons (Fsp3) is 0.818. The van der Waals surface area contributed by atoms with Gasteiger partial charge in [-0.3, -0.25) is 0 Å². The third-order valence-electron chi connectivity index (χ3n) is 3.52. The second kappa shape index (κ2) is 2.88.